The molecule has 2 heterocycles. The van der Waals surface area contributed by atoms with Crippen LogP contribution in [-0.2, 0) is 4.74 Å². The van der Waals surface area contributed by atoms with E-state index in [9.17, 15) is 0 Å². The lowest BCUT2D eigenvalue weighted by Crippen LogP contribution is -2.47. The van der Waals surface area contributed by atoms with Crippen LogP contribution in [0.3, 0.4) is 0 Å². The highest BCUT2D eigenvalue weighted by atomic mass is 16.5. The van der Waals surface area contributed by atoms with Gasteiger partial charge in [0.25, 0.3) is 0 Å². The summed E-state index contributed by atoms with van der Waals surface area (Å²) >= 11 is 0. The number of terminal acetylenes is 1. The van der Waals surface area contributed by atoms with Gasteiger partial charge in [0.2, 0.25) is 0 Å². The summed E-state index contributed by atoms with van der Waals surface area (Å²) in [6.45, 7) is 4.55. The van der Waals surface area contributed by atoms with Gasteiger partial charge in [0.15, 0.2) is 0 Å². The van der Waals surface area contributed by atoms with Crippen molar-refractivity contribution in [2.45, 2.75) is 6.04 Å². The molecule has 1 saturated heterocycles. The largest absolute Gasteiger partial charge is 0.383 e. The third-order valence-electron chi connectivity index (χ3n) is 5.27. The lowest BCUT2D eigenvalue weighted by molar-refractivity contribution is 0.104. The van der Waals surface area contributed by atoms with Gasteiger partial charge in [0.1, 0.15) is 12.1 Å². The number of methoxy groups -OCH3 is 1. The van der Waals surface area contributed by atoms with Crippen molar-refractivity contribution >= 4 is 22.4 Å². The number of benzene rings is 2. The van der Waals surface area contributed by atoms with E-state index >= 15 is 0 Å². The Labute approximate surface area is 171 Å². The Morgan fingerprint density at radius 3 is 3.07 bits per heavy atom. The highest BCUT2D eigenvalue weighted by molar-refractivity contribution is 5.91. The molecule has 1 aliphatic rings. The number of hydrogen-bond donors (Lipinski definition) is 2. The normalized spacial score (nSPS) is 17.2. The first-order valence-electron chi connectivity index (χ1n) is 9.80. The number of aromatic nitrogens is 2. The van der Waals surface area contributed by atoms with Gasteiger partial charge in [0, 0.05) is 56.0 Å². The molecule has 4 rings (SSSR count). The molecule has 0 aliphatic carbocycles. The topological polar surface area (TPSA) is 62.3 Å². The summed E-state index contributed by atoms with van der Waals surface area (Å²) in [6.07, 6.45) is 7.12. The zero-order chi connectivity index (χ0) is 20.1. The number of nitrogens with zero attached hydrogens (tertiary/aromatic N) is 3. The molecule has 0 bridgehead atoms. The van der Waals surface area contributed by atoms with E-state index in [-0.39, 0.29) is 0 Å². The maximum Gasteiger partial charge on any atom is 0.141 e. The average molecular weight is 387 g/mol. The first kappa shape index (κ1) is 19.3. The quantitative estimate of drug-likeness (QED) is 0.634. The highest BCUT2D eigenvalue weighted by Crippen LogP contribution is 2.29. The van der Waals surface area contributed by atoms with Crippen molar-refractivity contribution in [2.24, 2.45) is 0 Å². The molecule has 1 fully saturated rings. The van der Waals surface area contributed by atoms with Crippen LogP contribution in [0.2, 0.25) is 0 Å². The van der Waals surface area contributed by atoms with Crippen LogP contribution in [-0.4, -0.2) is 54.8 Å². The summed E-state index contributed by atoms with van der Waals surface area (Å²) in [5, 5.41) is 7.90. The molecule has 1 aliphatic heterocycles. The molecule has 148 valence electrons. The molecule has 1 unspecified atom stereocenters. The smallest absolute Gasteiger partial charge is 0.141 e. The van der Waals surface area contributed by atoms with Crippen molar-refractivity contribution in [3.8, 4) is 12.3 Å². The Balaban J connectivity index is 1.67. The van der Waals surface area contributed by atoms with E-state index in [1.165, 1.54) is 5.56 Å². The van der Waals surface area contributed by atoms with Gasteiger partial charge >= 0.3 is 0 Å². The number of piperazine rings is 1. The second-order valence-corrected chi connectivity index (χ2v) is 7.10. The number of hydrogen-bond acceptors (Lipinski definition) is 6. The molecule has 6 nitrogen and oxygen atoms in total. The molecule has 29 heavy (non-hydrogen) atoms. The second-order valence-electron chi connectivity index (χ2n) is 7.10. The summed E-state index contributed by atoms with van der Waals surface area (Å²) in [4.78, 5) is 11.4. The van der Waals surface area contributed by atoms with Crippen LogP contribution < -0.4 is 10.6 Å². The van der Waals surface area contributed by atoms with E-state index in [0.29, 0.717) is 6.04 Å². The average Bonchev–Trinajstić information content (AvgIpc) is 2.78. The predicted octanol–water partition coefficient (Wildman–Crippen LogP) is 2.95. The van der Waals surface area contributed by atoms with Gasteiger partial charge in [-0.2, -0.15) is 0 Å². The van der Waals surface area contributed by atoms with Crippen LogP contribution in [0.4, 0.5) is 11.5 Å². The summed E-state index contributed by atoms with van der Waals surface area (Å²) in [5.41, 5.74) is 3.89. The lowest BCUT2D eigenvalue weighted by Gasteiger charge is -2.36. The van der Waals surface area contributed by atoms with Gasteiger partial charge < -0.3 is 15.4 Å². The molecule has 1 atom stereocenters. The highest BCUT2D eigenvalue weighted by Gasteiger charge is 2.24. The van der Waals surface area contributed by atoms with Crippen molar-refractivity contribution in [1.29, 1.82) is 0 Å². The van der Waals surface area contributed by atoms with Gasteiger partial charge in [-0.15, -0.1) is 6.42 Å². The minimum atomic E-state index is 0.293. The van der Waals surface area contributed by atoms with Crippen LogP contribution in [0.5, 0.6) is 0 Å². The fourth-order valence-corrected chi connectivity index (χ4v) is 3.76. The standard InChI is InChI=1S/C23H25N5O/c1-3-17-5-4-6-19(13-17)27-23-20-14-18(7-8-21(20)25-16-26-23)22-15-24-9-10-28(22)11-12-29-2/h1,4-8,13-14,16,22,24H,9-12,15H2,2H3,(H,25,26,27). The Bertz CT molecular complexity index is 1030. The van der Waals surface area contributed by atoms with Crippen molar-refractivity contribution in [2.75, 3.05) is 45.2 Å². The zero-order valence-electron chi connectivity index (χ0n) is 16.6. The first-order valence-corrected chi connectivity index (χ1v) is 9.80. The van der Waals surface area contributed by atoms with Gasteiger partial charge in [-0.1, -0.05) is 18.1 Å². The maximum absolute atomic E-state index is 5.53. The third kappa shape index (κ3) is 4.38. The van der Waals surface area contributed by atoms with E-state index in [4.69, 9.17) is 11.2 Å². The summed E-state index contributed by atoms with van der Waals surface area (Å²) in [7, 11) is 1.75. The van der Waals surface area contributed by atoms with Crippen molar-refractivity contribution in [3.05, 3.63) is 59.9 Å². The molecular formula is C23H25N5O. The van der Waals surface area contributed by atoms with Crippen LogP contribution in [0, 0.1) is 12.3 Å². The molecule has 1 aromatic heterocycles. The maximum atomic E-state index is 5.53. The van der Waals surface area contributed by atoms with Gasteiger partial charge in [0.05, 0.1) is 12.1 Å². The Kier molecular flexibility index (Phi) is 6.01. The molecule has 0 spiro atoms. The molecule has 0 amide bonds. The first-order chi connectivity index (χ1) is 14.3. The fourth-order valence-electron chi connectivity index (χ4n) is 3.76. The Morgan fingerprint density at radius 2 is 2.21 bits per heavy atom. The number of fused-ring (bicyclic) bond motifs is 1. The predicted molar refractivity (Wildman–Crippen MR) is 116 cm³/mol. The minimum absolute atomic E-state index is 0.293. The monoisotopic (exact) mass is 387 g/mol. The molecule has 0 saturated carbocycles. The van der Waals surface area contributed by atoms with Crippen molar-refractivity contribution in [3.63, 3.8) is 0 Å². The van der Waals surface area contributed by atoms with Crippen molar-refractivity contribution in [1.82, 2.24) is 20.2 Å². The van der Waals surface area contributed by atoms with Gasteiger partial charge in [-0.3, -0.25) is 4.90 Å². The number of rotatable bonds is 6. The molecular weight excluding hydrogens is 362 g/mol. The summed E-state index contributed by atoms with van der Waals surface area (Å²) < 4.78 is 5.30. The van der Waals surface area contributed by atoms with E-state index in [2.05, 4.69) is 49.6 Å². The van der Waals surface area contributed by atoms with E-state index in [1.807, 2.05) is 24.3 Å². The number of ether oxygens (including phenoxy) is 1. The van der Waals surface area contributed by atoms with E-state index < -0.39 is 0 Å². The summed E-state index contributed by atoms with van der Waals surface area (Å²) in [5.74, 6) is 3.44. The molecule has 3 aromatic rings. The van der Waals surface area contributed by atoms with Gasteiger partial charge in [-0.25, -0.2) is 9.97 Å². The fraction of sp³-hybridized carbons (Fsp3) is 0.304. The SMILES string of the molecule is C#Cc1cccc(Nc2ncnc3ccc(C4CNCCN4CCOC)cc23)c1. The molecule has 0 radical (unpaired) electrons. The van der Waals surface area contributed by atoms with E-state index in [1.54, 1.807) is 13.4 Å². The van der Waals surface area contributed by atoms with Crippen LogP contribution in [0.25, 0.3) is 10.9 Å². The van der Waals surface area contributed by atoms with Crippen LogP contribution >= 0.6 is 0 Å². The molecule has 6 heteroatoms. The second kappa shape index (κ2) is 9.01. The Morgan fingerprint density at radius 1 is 1.28 bits per heavy atom. The molecule has 2 N–H and O–H groups in total. The Hall–Kier alpha value is -2.98. The van der Waals surface area contributed by atoms with Crippen LogP contribution in [0.1, 0.15) is 17.2 Å². The summed E-state index contributed by atoms with van der Waals surface area (Å²) in [6, 6.07) is 14.5. The van der Waals surface area contributed by atoms with Crippen LogP contribution in [0.15, 0.2) is 48.8 Å². The minimum Gasteiger partial charge on any atom is -0.383 e. The van der Waals surface area contributed by atoms with E-state index in [0.717, 1.165) is 60.8 Å². The number of nitrogens with one attached hydrogen (secondary N) is 2. The lowest BCUT2D eigenvalue weighted by atomic mass is 10.0. The van der Waals surface area contributed by atoms with Gasteiger partial charge in [-0.05, 0) is 35.9 Å². The zero-order valence-corrected chi connectivity index (χ0v) is 16.6. The third-order valence-corrected chi connectivity index (χ3v) is 5.27. The number of anilines is 2. The van der Waals surface area contributed by atoms with Crippen molar-refractivity contribution < 1.29 is 4.74 Å². The molecule has 2 aromatic carbocycles.